The van der Waals surface area contributed by atoms with Gasteiger partial charge in [-0.05, 0) is 73.0 Å². The number of halogens is 3. The number of carbonyl (C=O) groups is 1. The van der Waals surface area contributed by atoms with Gasteiger partial charge in [-0.2, -0.15) is 4.31 Å². The zero-order chi connectivity index (χ0) is 23.8. The highest BCUT2D eigenvalue weighted by Crippen LogP contribution is 2.34. The highest BCUT2D eigenvalue weighted by Gasteiger charge is 2.35. The second-order valence-corrected chi connectivity index (χ2v) is 12.1. The molecule has 0 fully saturated rings. The molecule has 0 radical (unpaired) electrons. The van der Waals surface area contributed by atoms with Crippen LogP contribution in [0.15, 0.2) is 80.6 Å². The molecule has 5 nitrogen and oxygen atoms in total. The quantitative estimate of drug-likeness (QED) is 0.342. The summed E-state index contributed by atoms with van der Waals surface area (Å²) in [6.07, 6.45) is 0.713. The van der Waals surface area contributed by atoms with E-state index in [1.165, 1.54) is 16.4 Å². The predicted octanol–water partition coefficient (Wildman–Crippen LogP) is 6.03. The van der Waals surface area contributed by atoms with E-state index in [1.54, 1.807) is 41.3 Å². The minimum absolute atomic E-state index is 0.0147. The first kappa shape index (κ1) is 24.4. The number of benzene rings is 3. The molecule has 1 amide bonds. The van der Waals surface area contributed by atoms with Gasteiger partial charge < -0.3 is 4.90 Å². The van der Waals surface area contributed by atoms with Crippen molar-refractivity contribution < 1.29 is 13.2 Å². The maximum absolute atomic E-state index is 13.6. The van der Waals surface area contributed by atoms with Crippen LogP contribution in [-0.4, -0.2) is 31.2 Å². The van der Waals surface area contributed by atoms with E-state index in [-0.39, 0.29) is 29.9 Å². The molecule has 4 rings (SSSR count). The van der Waals surface area contributed by atoms with Crippen molar-refractivity contribution in [2.75, 3.05) is 11.4 Å². The minimum atomic E-state index is -3.96. The molecule has 33 heavy (non-hydrogen) atoms. The van der Waals surface area contributed by atoms with E-state index in [2.05, 4.69) is 31.9 Å². The number of hydrogen-bond acceptors (Lipinski definition) is 3. The Labute approximate surface area is 215 Å². The Bertz CT molecular complexity index is 1300. The second-order valence-electron chi connectivity index (χ2n) is 7.91. The zero-order valence-corrected chi connectivity index (χ0v) is 22.5. The van der Waals surface area contributed by atoms with Crippen LogP contribution in [0.1, 0.15) is 18.1 Å². The van der Waals surface area contributed by atoms with Crippen LogP contribution in [0.25, 0.3) is 0 Å². The molecule has 1 unspecified atom stereocenters. The fraction of sp³-hybridized carbons (Fsp3) is 0.208. The third-order valence-corrected chi connectivity index (χ3v) is 8.79. The maximum atomic E-state index is 13.6. The van der Waals surface area contributed by atoms with Gasteiger partial charge >= 0.3 is 0 Å². The Morgan fingerprint density at radius 2 is 1.73 bits per heavy atom. The SMILES string of the molecule is CC1Cc2cc(Br)ccc2N1C(=O)CN(Cc1ccccc1Cl)S(=O)(=O)c1ccc(Br)cc1. The average Bonchev–Trinajstić information content (AvgIpc) is 3.09. The number of hydrogen-bond donors (Lipinski definition) is 0. The summed E-state index contributed by atoms with van der Waals surface area (Å²) < 4.78 is 30.1. The third-order valence-electron chi connectivity index (χ3n) is 5.59. The topological polar surface area (TPSA) is 57.7 Å². The molecule has 0 aliphatic carbocycles. The predicted molar refractivity (Wildman–Crippen MR) is 138 cm³/mol. The summed E-state index contributed by atoms with van der Waals surface area (Å²) in [6.45, 7) is 1.65. The van der Waals surface area contributed by atoms with Gasteiger partial charge in [0.2, 0.25) is 15.9 Å². The Balaban J connectivity index is 1.69. The van der Waals surface area contributed by atoms with E-state index in [9.17, 15) is 13.2 Å². The summed E-state index contributed by atoms with van der Waals surface area (Å²) in [5, 5.41) is 0.450. The van der Waals surface area contributed by atoms with E-state index in [4.69, 9.17) is 11.6 Å². The van der Waals surface area contributed by atoms with Crippen LogP contribution < -0.4 is 4.90 Å². The van der Waals surface area contributed by atoms with Crippen LogP contribution in [-0.2, 0) is 27.8 Å². The van der Waals surface area contributed by atoms with Gasteiger partial charge in [0.15, 0.2) is 0 Å². The van der Waals surface area contributed by atoms with E-state index in [0.717, 1.165) is 20.2 Å². The van der Waals surface area contributed by atoms with Crippen molar-refractivity contribution in [2.45, 2.75) is 30.8 Å². The molecule has 0 N–H and O–H groups in total. The van der Waals surface area contributed by atoms with E-state index >= 15 is 0 Å². The lowest BCUT2D eigenvalue weighted by molar-refractivity contribution is -0.119. The largest absolute Gasteiger partial charge is 0.308 e. The van der Waals surface area contributed by atoms with Gasteiger partial charge in [-0.3, -0.25) is 4.79 Å². The van der Waals surface area contributed by atoms with Crippen LogP contribution in [0.3, 0.4) is 0 Å². The van der Waals surface area contributed by atoms with Crippen molar-refractivity contribution in [2.24, 2.45) is 0 Å². The molecule has 0 bridgehead atoms. The van der Waals surface area contributed by atoms with Gasteiger partial charge in [-0.15, -0.1) is 0 Å². The Kier molecular flexibility index (Phi) is 7.31. The van der Waals surface area contributed by atoms with Gasteiger partial charge in [0.25, 0.3) is 0 Å². The smallest absolute Gasteiger partial charge is 0.243 e. The van der Waals surface area contributed by atoms with Crippen LogP contribution in [0, 0.1) is 0 Å². The van der Waals surface area contributed by atoms with Gasteiger partial charge in [-0.25, -0.2) is 8.42 Å². The van der Waals surface area contributed by atoms with Crippen LogP contribution in [0.4, 0.5) is 5.69 Å². The van der Waals surface area contributed by atoms with Crippen LogP contribution in [0.5, 0.6) is 0 Å². The number of carbonyl (C=O) groups excluding carboxylic acids is 1. The molecule has 1 aliphatic rings. The van der Waals surface area contributed by atoms with Crippen molar-refractivity contribution in [3.8, 4) is 0 Å². The molecule has 0 aromatic heterocycles. The Morgan fingerprint density at radius 1 is 1.06 bits per heavy atom. The first-order chi connectivity index (χ1) is 15.7. The molecule has 3 aromatic rings. The fourth-order valence-electron chi connectivity index (χ4n) is 4.00. The number of anilines is 1. The summed E-state index contributed by atoms with van der Waals surface area (Å²) in [5.41, 5.74) is 2.50. The lowest BCUT2D eigenvalue weighted by atomic mass is 10.1. The highest BCUT2D eigenvalue weighted by atomic mass is 79.9. The van der Waals surface area contributed by atoms with Crippen molar-refractivity contribution in [3.05, 3.63) is 91.8 Å². The van der Waals surface area contributed by atoms with Crippen molar-refractivity contribution in [1.29, 1.82) is 0 Å². The Morgan fingerprint density at radius 3 is 2.42 bits per heavy atom. The van der Waals surface area contributed by atoms with Crippen molar-refractivity contribution in [3.63, 3.8) is 0 Å². The summed E-state index contributed by atoms with van der Waals surface area (Å²) in [4.78, 5) is 15.3. The molecule has 3 aromatic carbocycles. The number of nitrogens with zero attached hydrogens (tertiary/aromatic N) is 2. The number of amides is 1. The molecule has 0 saturated heterocycles. The van der Waals surface area contributed by atoms with Gasteiger partial charge in [-0.1, -0.05) is 61.7 Å². The van der Waals surface area contributed by atoms with E-state index in [0.29, 0.717) is 17.0 Å². The van der Waals surface area contributed by atoms with Crippen molar-refractivity contribution >= 4 is 65.1 Å². The van der Waals surface area contributed by atoms with Gasteiger partial charge in [0, 0.05) is 32.2 Å². The minimum Gasteiger partial charge on any atom is -0.308 e. The Hall–Kier alpha value is -1.71. The van der Waals surface area contributed by atoms with Gasteiger partial charge in [0.1, 0.15) is 0 Å². The van der Waals surface area contributed by atoms with E-state index < -0.39 is 10.0 Å². The molecule has 0 spiro atoms. The molecular weight excluding hydrogens is 592 g/mol. The van der Waals surface area contributed by atoms with Gasteiger partial charge in [0.05, 0.1) is 11.4 Å². The molecule has 0 saturated carbocycles. The van der Waals surface area contributed by atoms with Crippen LogP contribution in [0.2, 0.25) is 5.02 Å². The van der Waals surface area contributed by atoms with E-state index in [1.807, 2.05) is 25.1 Å². The first-order valence-electron chi connectivity index (χ1n) is 10.3. The van der Waals surface area contributed by atoms with Crippen LogP contribution >= 0.6 is 43.5 Å². The summed E-state index contributed by atoms with van der Waals surface area (Å²) in [7, 11) is -3.96. The second kappa shape index (κ2) is 9.88. The molecule has 1 aliphatic heterocycles. The normalized spacial score (nSPS) is 15.7. The maximum Gasteiger partial charge on any atom is 0.243 e. The molecule has 1 atom stereocenters. The number of fused-ring (bicyclic) bond motifs is 1. The fourth-order valence-corrected chi connectivity index (χ4v) is 6.24. The molecule has 1 heterocycles. The average molecular weight is 613 g/mol. The standard InChI is InChI=1S/C24H21Br2ClN2O3S/c1-16-12-18-13-20(26)8-11-23(18)29(16)24(30)15-28(14-17-4-2-3-5-22(17)27)33(31,32)21-9-6-19(25)7-10-21/h2-11,13,16H,12,14-15H2,1H3. The number of rotatable bonds is 6. The monoisotopic (exact) mass is 610 g/mol. The summed E-state index contributed by atoms with van der Waals surface area (Å²) in [6, 6.07) is 19.1. The third kappa shape index (κ3) is 5.20. The highest BCUT2D eigenvalue weighted by molar-refractivity contribution is 9.10. The zero-order valence-electron chi connectivity index (χ0n) is 17.7. The first-order valence-corrected chi connectivity index (χ1v) is 13.7. The molecule has 9 heteroatoms. The number of sulfonamides is 1. The molecular formula is C24H21Br2ClN2O3S. The molecule has 172 valence electrons. The van der Waals surface area contributed by atoms with Crippen molar-refractivity contribution in [1.82, 2.24) is 4.31 Å². The lowest BCUT2D eigenvalue weighted by Crippen LogP contribution is -2.44. The summed E-state index contributed by atoms with van der Waals surface area (Å²) in [5.74, 6) is -0.281. The lowest BCUT2D eigenvalue weighted by Gasteiger charge is -2.28. The summed E-state index contributed by atoms with van der Waals surface area (Å²) >= 11 is 13.1.